The van der Waals surface area contributed by atoms with Crippen LogP contribution in [0.1, 0.15) is 70.2 Å². The van der Waals surface area contributed by atoms with Crippen molar-refractivity contribution in [3.8, 4) is 17.5 Å². The van der Waals surface area contributed by atoms with E-state index in [2.05, 4.69) is 43.5 Å². The Hall–Kier alpha value is -2.80. The molecule has 0 aliphatic carbocycles. The van der Waals surface area contributed by atoms with Gasteiger partial charge in [-0.2, -0.15) is 5.26 Å². The highest BCUT2D eigenvalue weighted by Gasteiger charge is 2.32. The Kier molecular flexibility index (Phi) is 6.22. The van der Waals surface area contributed by atoms with E-state index >= 15 is 0 Å². The minimum Gasteiger partial charge on any atom is -0.494 e. The van der Waals surface area contributed by atoms with Crippen LogP contribution in [0.2, 0.25) is 0 Å². The van der Waals surface area contributed by atoms with E-state index in [-0.39, 0.29) is 11.7 Å². The molecule has 0 radical (unpaired) electrons. The highest BCUT2D eigenvalue weighted by atomic mass is 19.1. The zero-order chi connectivity index (χ0) is 22.1. The van der Waals surface area contributed by atoms with Crippen molar-refractivity contribution in [3.63, 3.8) is 0 Å². The smallest absolute Gasteiger partial charge is 0.126 e. The Morgan fingerprint density at radius 2 is 1.90 bits per heavy atom. The Bertz CT molecular complexity index is 1100. The summed E-state index contributed by atoms with van der Waals surface area (Å²) in [7, 11) is 0. The van der Waals surface area contributed by atoms with Crippen LogP contribution < -0.4 is 4.74 Å². The van der Waals surface area contributed by atoms with Crippen LogP contribution >= 0.6 is 0 Å². The molecular weight excluding hydrogens is 375 g/mol. The van der Waals surface area contributed by atoms with E-state index in [9.17, 15) is 9.65 Å². The zero-order valence-corrected chi connectivity index (χ0v) is 18.8. The van der Waals surface area contributed by atoms with Crippen LogP contribution in [-0.4, -0.2) is 11.2 Å². The summed E-state index contributed by atoms with van der Waals surface area (Å²) >= 11 is 0. The average molecular weight is 407 g/mol. The summed E-state index contributed by atoms with van der Waals surface area (Å²) in [6.07, 6.45) is 2.08. The van der Waals surface area contributed by atoms with Gasteiger partial charge in [0.25, 0.3) is 0 Å². The Morgan fingerprint density at radius 3 is 2.50 bits per heavy atom. The number of hydrogen-bond donors (Lipinski definition) is 0. The number of nitrogens with zero attached hydrogens (tertiary/aromatic N) is 2. The first kappa shape index (κ1) is 21.9. The molecule has 0 atom stereocenters. The van der Waals surface area contributed by atoms with Gasteiger partial charge in [0.1, 0.15) is 11.6 Å². The SMILES string of the molecule is CCCCOc1ccc2c(c1)c(C(C)(C)C#N)c(C(C)C)n2-c1ccc(F)c(C)c1. The first-order chi connectivity index (χ1) is 14.2. The number of unbranched alkanes of at least 4 members (excludes halogenated alkanes) is 1. The molecule has 0 fully saturated rings. The van der Waals surface area contributed by atoms with Crippen molar-refractivity contribution in [1.29, 1.82) is 5.26 Å². The van der Waals surface area contributed by atoms with E-state index in [1.807, 2.05) is 32.0 Å². The van der Waals surface area contributed by atoms with Gasteiger partial charge in [-0.05, 0) is 75.1 Å². The van der Waals surface area contributed by atoms with E-state index in [0.717, 1.165) is 46.4 Å². The van der Waals surface area contributed by atoms with Crippen molar-refractivity contribution in [2.75, 3.05) is 6.61 Å². The Labute approximate surface area is 179 Å². The molecule has 1 aromatic heterocycles. The number of aryl methyl sites for hydroxylation is 1. The predicted octanol–water partition coefficient (Wildman–Crippen LogP) is 7.18. The van der Waals surface area contributed by atoms with Crippen LogP contribution in [0.15, 0.2) is 36.4 Å². The quantitative estimate of drug-likeness (QED) is 0.390. The second-order valence-electron chi connectivity index (χ2n) is 8.80. The van der Waals surface area contributed by atoms with Gasteiger partial charge in [0, 0.05) is 22.3 Å². The summed E-state index contributed by atoms with van der Waals surface area (Å²) in [6, 6.07) is 13.8. The van der Waals surface area contributed by atoms with E-state index in [4.69, 9.17) is 4.74 Å². The van der Waals surface area contributed by atoms with E-state index in [1.54, 1.807) is 6.92 Å². The molecule has 0 aliphatic rings. The van der Waals surface area contributed by atoms with Crippen LogP contribution in [0.3, 0.4) is 0 Å². The molecule has 0 saturated carbocycles. The van der Waals surface area contributed by atoms with Crippen molar-refractivity contribution >= 4 is 10.9 Å². The number of fused-ring (bicyclic) bond motifs is 1. The van der Waals surface area contributed by atoms with Gasteiger partial charge in [-0.25, -0.2) is 4.39 Å². The van der Waals surface area contributed by atoms with E-state index < -0.39 is 5.41 Å². The molecule has 158 valence electrons. The van der Waals surface area contributed by atoms with Crippen molar-refractivity contribution in [2.24, 2.45) is 0 Å². The number of benzene rings is 2. The fourth-order valence-electron chi connectivity index (χ4n) is 4.02. The topological polar surface area (TPSA) is 37.9 Å². The fourth-order valence-corrected chi connectivity index (χ4v) is 4.02. The summed E-state index contributed by atoms with van der Waals surface area (Å²) < 4.78 is 22.1. The minimum absolute atomic E-state index is 0.176. The van der Waals surface area contributed by atoms with E-state index in [0.29, 0.717) is 12.2 Å². The summed E-state index contributed by atoms with van der Waals surface area (Å²) in [6.45, 7) is 12.8. The first-order valence-corrected chi connectivity index (χ1v) is 10.7. The summed E-state index contributed by atoms with van der Waals surface area (Å²) in [5, 5.41) is 11.0. The molecule has 2 aromatic carbocycles. The highest BCUT2D eigenvalue weighted by Crippen LogP contribution is 2.42. The van der Waals surface area contributed by atoms with Crippen LogP contribution in [-0.2, 0) is 5.41 Å². The summed E-state index contributed by atoms with van der Waals surface area (Å²) in [5.74, 6) is 0.772. The largest absolute Gasteiger partial charge is 0.494 e. The molecule has 30 heavy (non-hydrogen) atoms. The molecule has 0 unspecified atom stereocenters. The van der Waals surface area contributed by atoms with Gasteiger partial charge in [-0.15, -0.1) is 0 Å². The monoisotopic (exact) mass is 406 g/mol. The molecule has 0 amide bonds. The average Bonchev–Trinajstić information content (AvgIpc) is 3.06. The van der Waals surface area contributed by atoms with Gasteiger partial charge in [0.15, 0.2) is 0 Å². The standard InChI is InChI=1S/C26H31FN2O/c1-7-8-13-30-20-10-12-23-21(15-20)24(26(5,6)16-28)25(17(2)3)29(23)19-9-11-22(27)18(4)14-19/h9-12,14-15,17H,7-8,13H2,1-6H3. The molecule has 1 heterocycles. The molecule has 0 spiro atoms. The van der Waals surface area contributed by atoms with Crippen molar-refractivity contribution in [3.05, 3.63) is 59.0 Å². The number of ether oxygens (including phenoxy) is 1. The predicted molar refractivity (Wildman–Crippen MR) is 121 cm³/mol. The summed E-state index contributed by atoms with van der Waals surface area (Å²) in [4.78, 5) is 0. The maximum atomic E-state index is 14.0. The van der Waals surface area contributed by atoms with Crippen LogP contribution in [0.25, 0.3) is 16.6 Å². The first-order valence-electron chi connectivity index (χ1n) is 10.7. The number of hydrogen-bond acceptors (Lipinski definition) is 2. The lowest BCUT2D eigenvalue weighted by atomic mass is 9.82. The highest BCUT2D eigenvalue weighted by molar-refractivity contribution is 5.90. The van der Waals surface area contributed by atoms with Gasteiger partial charge in [-0.1, -0.05) is 27.2 Å². The molecule has 3 rings (SSSR count). The number of aromatic nitrogens is 1. The van der Waals surface area contributed by atoms with Crippen LogP contribution in [0.4, 0.5) is 4.39 Å². The number of rotatable bonds is 7. The third kappa shape index (κ3) is 3.94. The second-order valence-corrected chi connectivity index (χ2v) is 8.80. The molecule has 3 aromatic rings. The maximum Gasteiger partial charge on any atom is 0.126 e. The molecule has 0 bridgehead atoms. The maximum absolute atomic E-state index is 14.0. The fraction of sp³-hybridized carbons (Fsp3) is 0.423. The van der Waals surface area contributed by atoms with Crippen molar-refractivity contribution in [1.82, 2.24) is 4.57 Å². The van der Waals surface area contributed by atoms with Gasteiger partial charge in [0.05, 0.1) is 23.6 Å². The third-order valence-corrected chi connectivity index (χ3v) is 5.59. The molecule has 0 saturated heterocycles. The van der Waals surface area contributed by atoms with Gasteiger partial charge >= 0.3 is 0 Å². The minimum atomic E-state index is -0.680. The third-order valence-electron chi connectivity index (χ3n) is 5.59. The lowest BCUT2D eigenvalue weighted by Crippen LogP contribution is -2.17. The number of nitriles is 1. The Morgan fingerprint density at radius 1 is 1.17 bits per heavy atom. The molecule has 0 N–H and O–H groups in total. The van der Waals surface area contributed by atoms with Gasteiger partial charge < -0.3 is 9.30 Å². The molecule has 4 heteroatoms. The van der Waals surface area contributed by atoms with Gasteiger partial charge in [-0.3, -0.25) is 0 Å². The normalized spacial score (nSPS) is 11.8. The lowest BCUT2D eigenvalue weighted by Gasteiger charge is -2.21. The number of halogens is 1. The second kappa shape index (κ2) is 8.52. The van der Waals surface area contributed by atoms with Crippen molar-refractivity contribution in [2.45, 2.75) is 65.7 Å². The van der Waals surface area contributed by atoms with E-state index in [1.165, 1.54) is 6.07 Å². The van der Waals surface area contributed by atoms with Crippen molar-refractivity contribution < 1.29 is 9.13 Å². The van der Waals surface area contributed by atoms with Crippen LogP contribution in [0.5, 0.6) is 5.75 Å². The zero-order valence-electron chi connectivity index (χ0n) is 18.8. The summed E-state index contributed by atoms with van der Waals surface area (Å²) in [5.41, 5.74) is 3.92. The molecule has 3 nitrogen and oxygen atoms in total. The molecular formula is C26H31FN2O. The van der Waals surface area contributed by atoms with Crippen LogP contribution in [0, 0.1) is 24.1 Å². The lowest BCUT2D eigenvalue weighted by molar-refractivity contribution is 0.310. The Balaban J connectivity index is 2.36. The van der Waals surface area contributed by atoms with Gasteiger partial charge in [0.2, 0.25) is 0 Å². The molecule has 0 aliphatic heterocycles.